The van der Waals surface area contributed by atoms with Gasteiger partial charge in [-0.2, -0.15) is 0 Å². The molecule has 0 fully saturated rings. The lowest BCUT2D eigenvalue weighted by molar-refractivity contribution is -0.154. The molecule has 0 bridgehead atoms. The van der Waals surface area contributed by atoms with Crippen LogP contribution >= 0.6 is 0 Å². The van der Waals surface area contributed by atoms with E-state index in [4.69, 9.17) is 9.15 Å². The molecule has 0 radical (unpaired) electrons. The fraction of sp³-hybridized carbons (Fsp3) is 0.667. The zero-order valence-corrected chi connectivity index (χ0v) is 12.1. The van der Waals surface area contributed by atoms with Crippen LogP contribution in [-0.4, -0.2) is 11.6 Å². The maximum Gasteiger partial charge on any atom is 0.314 e. The lowest BCUT2D eigenvalue weighted by atomic mass is 10.0. The van der Waals surface area contributed by atoms with Crippen molar-refractivity contribution in [3.8, 4) is 0 Å². The van der Waals surface area contributed by atoms with E-state index in [0.717, 1.165) is 24.2 Å². The number of hydrogen-bond donors (Lipinski definition) is 0. The fourth-order valence-electron chi connectivity index (χ4n) is 1.70. The third kappa shape index (κ3) is 5.39. The number of hydrogen-bond acceptors (Lipinski definition) is 3. The van der Waals surface area contributed by atoms with Crippen LogP contribution in [0, 0.1) is 5.92 Å². The minimum Gasteiger partial charge on any atom is -0.468 e. The zero-order valence-electron chi connectivity index (χ0n) is 12.1. The van der Waals surface area contributed by atoms with Crippen LogP contribution < -0.4 is 0 Å². The molecule has 1 aromatic rings. The largest absolute Gasteiger partial charge is 0.468 e. The summed E-state index contributed by atoms with van der Waals surface area (Å²) in [7, 11) is 0. The van der Waals surface area contributed by atoms with Crippen molar-refractivity contribution in [1.82, 2.24) is 0 Å². The van der Waals surface area contributed by atoms with Gasteiger partial charge in [-0.15, -0.1) is 0 Å². The normalized spacial score (nSPS) is 11.9. The first-order valence-electron chi connectivity index (χ1n) is 6.55. The molecule has 0 N–H and O–H groups in total. The lowest BCUT2D eigenvalue weighted by Crippen LogP contribution is -2.25. The van der Waals surface area contributed by atoms with E-state index in [2.05, 4.69) is 13.8 Å². The molecule has 0 saturated carbocycles. The van der Waals surface area contributed by atoms with Crippen LogP contribution in [0.4, 0.5) is 0 Å². The topological polar surface area (TPSA) is 39.4 Å². The van der Waals surface area contributed by atoms with Crippen molar-refractivity contribution < 1.29 is 13.9 Å². The van der Waals surface area contributed by atoms with Crippen LogP contribution in [0.1, 0.15) is 52.4 Å². The predicted octanol–water partition coefficient (Wildman–Crippen LogP) is 3.75. The second kappa shape index (κ2) is 6.07. The average molecular weight is 252 g/mol. The molecule has 0 saturated heterocycles. The van der Waals surface area contributed by atoms with Crippen LogP contribution in [0.5, 0.6) is 0 Å². The highest BCUT2D eigenvalue weighted by molar-refractivity contribution is 5.72. The van der Waals surface area contributed by atoms with Gasteiger partial charge in [0.05, 0.1) is 6.26 Å². The van der Waals surface area contributed by atoms with E-state index in [-0.39, 0.29) is 12.4 Å². The van der Waals surface area contributed by atoms with Gasteiger partial charge in [0.25, 0.3) is 0 Å². The Hall–Kier alpha value is -1.25. The van der Waals surface area contributed by atoms with Crippen molar-refractivity contribution in [3.05, 3.63) is 23.7 Å². The number of esters is 1. The molecule has 0 unspecified atom stereocenters. The molecule has 0 aliphatic rings. The number of carbonyl (C=O) groups is 1. The molecule has 0 amide bonds. The summed E-state index contributed by atoms with van der Waals surface area (Å²) < 4.78 is 10.7. The minimum atomic E-state index is -0.443. The van der Waals surface area contributed by atoms with Gasteiger partial charge in [0, 0.05) is 0 Å². The smallest absolute Gasteiger partial charge is 0.314 e. The second-order valence-electron chi connectivity index (χ2n) is 6.06. The molecule has 1 rings (SSSR count). The van der Waals surface area contributed by atoms with Gasteiger partial charge >= 0.3 is 5.97 Å². The van der Waals surface area contributed by atoms with Gasteiger partial charge < -0.3 is 9.15 Å². The molecule has 0 aliphatic carbocycles. The van der Waals surface area contributed by atoms with E-state index in [1.807, 2.05) is 26.8 Å². The molecule has 1 aromatic heterocycles. The molecule has 3 heteroatoms. The van der Waals surface area contributed by atoms with Gasteiger partial charge in [-0.25, -0.2) is 0 Å². The van der Waals surface area contributed by atoms with Crippen LogP contribution in [0.15, 0.2) is 16.7 Å². The van der Waals surface area contributed by atoms with E-state index in [1.165, 1.54) is 0 Å². The van der Waals surface area contributed by atoms with Crippen molar-refractivity contribution >= 4 is 5.97 Å². The molecule has 0 atom stereocenters. The molecule has 1 heterocycles. The van der Waals surface area contributed by atoms with Gasteiger partial charge in [0.15, 0.2) is 0 Å². The van der Waals surface area contributed by atoms with E-state index in [0.29, 0.717) is 5.92 Å². The van der Waals surface area contributed by atoms with Crippen molar-refractivity contribution in [2.75, 3.05) is 0 Å². The van der Waals surface area contributed by atoms with E-state index in [1.54, 1.807) is 6.26 Å². The summed E-state index contributed by atoms with van der Waals surface area (Å²) in [4.78, 5) is 11.7. The number of aryl methyl sites for hydroxylation is 1. The second-order valence-corrected chi connectivity index (χ2v) is 6.06. The zero-order chi connectivity index (χ0) is 13.8. The highest BCUT2D eigenvalue weighted by Crippen LogP contribution is 2.17. The van der Waals surface area contributed by atoms with Crippen molar-refractivity contribution in [2.24, 2.45) is 5.92 Å². The number of ether oxygens (including phenoxy) is 1. The van der Waals surface area contributed by atoms with Gasteiger partial charge in [0.2, 0.25) is 0 Å². The molecule has 0 spiro atoms. The van der Waals surface area contributed by atoms with Crippen molar-refractivity contribution in [3.63, 3.8) is 0 Å². The Balaban J connectivity index is 2.57. The SMILES string of the molecule is CC(C)CCc1ccoc1CC(=O)OC(C)(C)C. The highest BCUT2D eigenvalue weighted by atomic mass is 16.6. The first-order chi connectivity index (χ1) is 8.28. The van der Waals surface area contributed by atoms with Crippen LogP contribution in [0.25, 0.3) is 0 Å². The summed E-state index contributed by atoms with van der Waals surface area (Å²) in [5.74, 6) is 1.16. The predicted molar refractivity (Wildman–Crippen MR) is 71.4 cm³/mol. The van der Waals surface area contributed by atoms with Crippen molar-refractivity contribution in [2.45, 2.75) is 59.5 Å². The van der Waals surface area contributed by atoms with Crippen LogP contribution in [-0.2, 0) is 22.4 Å². The Morgan fingerprint density at radius 1 is 1.39 bits per heavy atom. The fourth-order valence-corrected chi connectivity index (χ4v) is 1.70. The standard InChI is InChI=1S/C15H24O3/c1-11(2)6-7-12-8-9-17-13(12)10-14(16)18-15(3,4)5/h8-9,11H,6-7,10H2,1-5H3. The lowest BCUT2D eigenvalue weighted by Gasteiger charge is -2.19. The monoisotopic (exact) mass is 252 g/mol. The molecular formula is C15H24O3. The summed E-state index contributed by atoms with van der Waals surface area (Å²) in [6.45, 7) is 9.98. The van der Waals surface area contributed by atoms with E-state index >= 15 is 0 Å². The molecule has 0 aliphatic heterocycles. The van der Waals surface area contributed by atoms with Gasteiger partial charge in [-0.05, 0) is 51.2 Å². The van der Waals surface area contributed by atoms with Gasteiger partial charge in [-0.3, -0.25) is 4.79 Å². The molecule has 3 nitrogen and oxygen atoms in total. The summed E-state index contributed by atoms with van der Waals surface area (Å²) >= 11 is 0. The van der Waals surface area contributed by atoms with E-state index < -0.39 is 5.60 Å². The van der Waals surface area contributed by atoms with Gasteiger partial charge in [-0.1, -0.05) is 13.8 Å². The molecule has 102 valence electrons. The Bertz CT molecular complexity index is 383. The first kappa shape index (κ1) is 14.8. The summed E-state index contributed by atoms with van der Waals surface area (Å²) in [6.07, 6.45) is 3.92. The van der Waals surface area contributed by atoms with Crippen LogP contribution in [0.3, 0.4) is 0 Å². The quantitative estimate of drug-likeness (QED) is 0.749. The number of furan rings is 1. The maximum absolute atomic E-state index is 11.7. The Morgan fingerprint density at radius 3 is 2.61 bits per heavy atom. The highest BCUT2D eigenvalue weighted by Gasteiger charge is 2.19. The number of rotatable bonds is 5. The van der Waals surface area contributed by atoms with Crippen molar-refractivity contribution in [1.29, 1.82) is 0 Å². The molecular weight excluding hydrogens is 228 g/mol. The molecule has 18 heavy (non-hydrogen) atoms. The maximum atomic E-state index is 11.7. The first-order valence-corrected chi connectivity index (χ1v) is 6.55. The minimum absolute atomic E-state index is 0.220. The third-order valence-electron chi connectivity index (χ3n) is 2.55. The Morgan fingerprint density at radius 2 is 2.06 bits per heavy atom. The number of carbonyl (C=O) groups excluding carboxylic acids is 1. The summed E-state index contributed by atoms with van der Waals surface area (Å²) in [6, 6.07) is 1.95. The third-order valence-corrected chi connectivity index (χ3v) is 2.55. The Kier molecular flexibility index (Phi) is 5.00. The summed E-state index contributed by atoms with van der Waals surface area (Å²) in [5.41, 5.74) is 0.677. The van der Waals surface area contributed by atoms with Crippen LogP contribution in [0.2, 0.25) is 0 Å². The average Bonchev–Trinajstić information content (AvgIpc) is 2.59. The van der Waals surface area contributed by atoms with Gasteiger partial charge in [0.1, 0.15) is 17.8 Å². The summed E-state index contributed by atoms with van der Waals surface area (Å²) in [5, 5.41) is 0. The van der Waals surface area contributed by atoms with E-state index in [9.17, 15) is 4.79 Å². The Labute approximate surface area is 110 Å². The molecule has 0 aromatic carbocycles.